The summed E-state index contributed by atoms with van der Waals surface area (Å²) in [6, 6.07) is 12.1. The Balaban J connectivity index is 0.000000384. The van der Waals surface area contributed by atoms with Crippen molar-refractivity contribution >= 4 is 39.4 Å². The van der Waals surface area contributed by atoms with Gasteiger partial charge in [-0.15, -0.1) is 11.3 Å². The number of hydrogen-bond acceptors (Lipinski definition) is 7. The third-order valence-electron chi connectivity index (χ3n) is 5.00. The molecule has 0 saturated heterocycles. The maximum atomic E-state index is 13.5. The Morgan fingerprint density at radius 3 is 2.12 bits per heavy atom. The molecule has 1 amide bonds. The van der Waals surface area contributed by atoms with Gasteiger partial charge in [-0.3, -0.25) is 9.89 Å². The number of halogens is 7. The number of carbonyl (C=O) groups excluding carboxylic acids is 1. The number of nitrogens with one attached hydrogen (secondary N) is 1. The predicted octanol–water partition coefficient (Wildman–Crippen LogP) is 5.38. The van der Waals surface area contributed by atoms with E-state index in [0.29, 0.717) is 18.2 Å². The molecule has 43 heavy (non-hydrogen) atoms. The SMILES string of the molecule is COCCN(Cc1cccc(F)c1)C(=O)c1nc2ccc(-c3cn[nH]c3)cc2s1.O=C(O)C(F)(F)F.O=C(O)C(F)(F)F. The van der Waals surface area contributed by atoms with Crippen molar-refractivity contribution in [3.63, 3.8) is 0 Å². The van der Waals surface area contributed by atoms with Crippen molar-refractivity contribution in [2.75, 3.05) is 20.3 Å². The highest BCUT2D eigenvalue weighted by atomic mass is 32.1. The fraction of sp³-hybridized carbons (Fsp3) is 0.240. The molecule has 0 aliphatic carbocycles. The number of aromatic nitrogens is 3. The number of ether oxygens (including phenoxy) is 1. The summed E-state index contributed by atoms with van der Waals surface area (Å²) in [5.41, 5.74) is 3.46. The molecule has 0 aliphatic heterocycles. The first-order valence-corrected chi connectivity index (χ1v) is 12.4. The summed E-state index contributed by atoms with van der Waals surface area (Å²) in [5, 5.41) is 21.4. The van der Waals surface area contributed by atoms with E-state index >= 15 is 0 Å². The Kier molecular flexibility index (Phi) is 12.1. The second-order valence-electron chi connectivity index (χ2n) is 8.14. The first kappa shape index (κ1) is 34.6. The largest absolute Gasteiger partial charge is 0.490 e. The molecule has 0 saturated carbocycles. The van der Waals surface area contributed by atoms with E-state index in [-0.39, 0.29) is 18.3 Å². The molecule has 18 heteroatoms. The van der Waals surface area contributed by atoms with Crippen LogP contribution in [-0.2, 0) is 20.9 Å². The number of amides is 1. The fourth-order valence-electron chi connectivity index (χ4n) is 3.05. The van der Waals surface area contributed by atoms with Gasteiger partial charge < -0.3 is 19.8 Å². The van der Waals surface area contributed by atoms with Crippen LogP contribution in [0.2, 0.25) is 0 Å². The van der Waals surface area contributed by atoms with Gasteiger partial charge in [-0.05, 0) is 35.4 Å². The van der Waals surface area contributed by atoms with Crippen molar-refractivity contribution in [2.45, 2.75) is 18.9 Å². The number of alkyl halides is 6. The van der Waals surface area contributed by atoms with Crippen molar-refractivity contribution < 1.29 is 60.1 Å². The van der Waals surface area contributed by atoms with Crippen LogP contribution in [0.5, 0.6) is 0 Å². The first-order valence-electron chi connectivity index (χ1n) is 11.6. The number of carboxylic acids is 2. The lowest BCUT2D eigenvalue weighted by Crippen LogP contribution is -2.33. The predicted molar refractivity (Wildman–Crippen MR) is 138 cm³/mol. The minimum absolute atomic E-state index is 0.197. The van der Waals surface area contributed by atoms with E-state index in [4.69, 9.17) is 24.5 Å². The van der Waals surface area contributed by atoms with Gasteiger partial charge in [-0.2, -0.15) is 31.4 Å². The van der Waals surface area contributed by atoms with Gasteiger partial charge in [0.05, 0.1) is 23.0 Å². The highest BCUT2D eigenvalue weighted by Gasteiger charge is 2.38. The standard InChI is InChI=1S/C21H19FN4O2S.2C2HF3O2/c1-28-8-7-26(13-14-3-2-4-17(22)9-14)21(27)20-25-18-6-5-15(10-19(18)29-20)16-11-23-24-12-16;2*3-2(4,5)1(6)7/h2-6,9-12H,7-8,13H2,1H3,(H,23,24);2*(H,6,7). The third kappa shape index (κ3) is 11.0. The van der Waals surface area contributed by atoms with Gasteiger partial charge in [0.1, 0.15) is 5.82 Å². The number of carboxylic acid groups (broad SMARTS) is 2. The van der Waals surface area contributed by atoms with Gasteiger partial charge >= 0.3 is 24.3 Å². The highest BCUT2D eigenvalue weighted by Crippen LogP contribution is 2.28. The molecule has 0 unspecified atom stereocenters. The summed E-state index contributed by atoms with van der Waals surface area (Å²) in [6.45, 7) is 1.06. The molecule has 232 valence electrons. The smallest absolute Gasteiger partial charge is 0.475 e. The second kappa shape index (κ2) is 15.1. The normalized spacial score (nSPS) is 11.2. The molecule has 4 rings (SSSR count). The lowest BCUT2D eigenvalue weighted by atomic mass is 10.1. The average molecular weight is 639 g/mol. The van der Waals surface area contributed by atoms with Crippen LogP contribution < -0.4 is 0 Å². The molecule has 3 N–H and O–H groups in total. The van der Waals surface area contributed by atoms with E-state index in [1.165, 1.54) is 23.5 Å². The Labute approximate surface area is 241 Å². The maximum absolute atomic E-state index is 13.5. The van der Waals surface area contributed by atoms with Gasteiger partial charge in [-0.25, -0.2) is 19.0 Å². The Morgan fingerprint density at radius 2 is 1.60 bits per heavy atom. The van der Waals surface area contributed by atoms with Crippen molar-refractivity contribution in [3.05, 3.63) is 71.2 Å². The number of hydrogen-bond donors (Lipinski definition) is 3. The number of carbonyl (C=O) groups is 3. The molecule has 0 fully saturated rings. The average Bonchev–Trinajstić information content (AvgIpc) is 3.60. The number of methoxy groups -OCH3 is 1. The van der Waals surface area contributed by atoms with Crippen LogP contribution in [0.1, 0.15) is 15.4 Å². The zero-order valence-corrected chi connectivity index (χ0v) is 22.6. The second-order valence-corrected chi connectivity index (χ2v) is 9.17. The molecule has 0 atom stereocenters. The van der Waals surface area contributed by atoms with Gasteiger partial charge in [0, 0.05) is 32.0 Å². The van der Waals surface area contributed by atoms with Crippen molar-refractivity contribution in [1.29, 1.82) is 0 Å². The zero-order valence-electron chi connectivity index (χ0n) is 21.7. The molecule has 0 radical (unpaired) electrons. The molecule has 0 aliphatic rings. The van der Waals surface area contributed by atoms with Gasteiger partial charge in [0.25, 0.3) is 5.91 Å². The van der Waals surface area contributed by atoms with Gasteiger partial charge in [0.2, 0.25) is 0 Å². The molecular formula is C25H21F7N4O6S. The minimum Gasteiger partial charge on any atom is -0.475 e. The van der Waals surface area contributed by atoms with E-state index in [1.807, 2.05) is 24.4 Å². The molecule has 2 aromatic heterocycles. The summed E-state index contributed by atoms with van der Waals surface area (Å²) >= 11 is 1.34. The Bertz CT molecular complexity index is 1500. The van der Waals surface area contributed by atoms with E-state index in [9.17, 15) is 35.5 Å². The van der Waals surface area contributed by atoms with E-state index in [0.717, 1.165) is 26.9 Å². The number of nitrogens with zero attached hydrogens (tertiary/aromatic N) is 3. The Morgan fingerprint density at radius 1 is 0.977 bits per heavy atom. The lowest BCUT2D eigenvalue weighted by Gasteiger charge is -2.21. The number of rotatable bonds is 7. The number of fused-ring (bicyclic) bond motifs is 1. The van der Waals surface area contributed by atoms with Crippen molar-refractivity contribution in [2.24, 2.45) is 0 Å². The quantitative estimate of drug-likeness (QED) is 0.229. The fourth-order valence-corrected chi connectivity index (χ4v) is 4.02. The topological polar surface area (TPSA) is 146 Å². The summed E-state index contributed by atoms with van der Waals surface area (Å²) < 4.78 is 83.1. The van der Waals surface area contributed by atoms with Crippen LogP contribution in [-0.4, -0.2) is 80.8 Å². The van der Waals surface area contributed by atoms with Crippen molar-refractivity contribution in [3.8, 4) is 11.1 Å². The molecule has 2 heterocycles. The molecule has 0 bridgehead atoms. The number of aromatic amines is 1. The molecular weight excluding hydrogens is 617 g/mol. The summed E-state index contributed by atoms with van der Waals surface area (Å²) in [5.74, 6) is -6.04. The van der Waals surface area contributed by atoms with Gasteiger partial charge in [-0.1, -0.05) is 18.2 Å². The summed E-state index contributed by atoms with van der Waals surface area (Å²) in [6.07, 6.45) is -6.60. The highest BCUT2D eigenvalue weighted by molar-refractivity contribution is 7.20. The zero-order chi connectivity index (χ0) is 32.4. The van der Waals surface area contributed by atoms with Crippen LogP contribution >= 0.6 is 11.3 Å². The maximum Gasteiger partial charge on any atom is 0.490 e. The number of benzene rings is 2. The van der Waals surface area contributed by atoms with Gasteiger partial charge in [0.15, 0.2) is 5.01 Å². The van der Waals surface area contributed by atoms with Crippen LogP contribution in [0.4, 0.5) is 30.7 Å². The van der Waals surface area contributed by atoms with E-state index in [1.54, 1.807) is 30.3 Å². The van der Waals surface area contributed by atoms with Crippen LogP contribution in [0.15, 0.2) is 54.9 Å². The van der Waals surface area contributed by atoms with Crippen molar-refractivity contribution in [1.82, 2.24) is 20.1 Å². The summed E-state index contributed by atoms with van der Waals surface area (Å²) in [7, 11) is 1.58. The number of thiazole rings is 1. The molecule has 10 nitrogen and oxygen atoms in total. The number of H-pyrrole nitrogens is 1. The molecule has 4 aromatic rings. The van der Waals surface area contributed by atoms with Crippen LogP contribution in [0.3, 0.4) is 0 Å². The third-order valence-corrected chi connectivity index (χ3v) is 6.01. The molecule has 2 aromatic carbocycles. The molecule has 0 spiro atoms. The Hall–Kier alpha value is -4.58. The van der Waals surface area contributed by atoms with E-state index < -0.39 is 24.3 Å². The van der Waals surface area contributed by atoms with Crippen LogP contribution in [0, 0.1) is 5.82 Å². The lowest BCUT2D eigenvalue weighted by molar-refractivity contribution is -0.193. The number of aliphatic carboxylic acids is 2. The first-order chi connectivity index (χ1) is 20.0. The van der Waals surface area contributed by atoms with E-state index in [2.05, 4.69) is 15.2 Å². The van der Waals surface area contributed by atoms with Crippen LogP contribution in [0.25, 0.3) is 21.3 Å². The monoisotopic (exact) mass is 638 g/mol. The summed E-state index contributed by atoms with van der Waals surface area (Å²) in [4.78, 5) is 37.1. The minimum atomic E-state index is -5.08.